The van der Waals surface area contributed by atoms with Gasteiger partial charge in [0.05, 0.1) is 17.9 Å². The highest BCUT2D eigenvalue weighted by molar-refractivity contribution is 6.50. The number of hydrogen-bond donors (Lipinski definition) is 1. The van der Waals surface area contributed by atoms with Crippen LogP contribution in [0.3, 0.4) is 0 Å². The third-order valence-electron chi connectivity index (χ3n) is 6.63. The van der Waals surface area contributed by atoms with Crippen LogP contribution in [-0.2, 0) is 19.9 Å². The van der Waals surface area contributed by atoms with Crippen molar-refractivity contribution in [2.24, 2.45) is 0 Å². The summed E-state index contributed by atoms with van der Waals surface area (Å²) in [6.45, 7) is 5.56. The van der Waals surface area contributed by atoms with Crippen molar-refractivity contribution in [1.29, 1.82) is 0 Å². The summed E-state index contributed by atoms with van der Waals surface area (Å²) in [5, 5.41) is 11.5. The standard InChI is InChI=1S/C28H33N3O5/c1-5-15-30-22-10-8-7-9-21(22)28(27(30)35)23(25(33)26(34)31(28)17-16-29(3)4)24(32)19-11-13-20(14-12-19)36-18-6-2/h7-14,32H,5-6,15-18H2,1-4H3/b24-23+. The highest BCUT2D eigenvalue weighted by atomic mass is 16.5. The number of likely N-dealkylation sites (N-methyl/N-ethyl adjacent to an activating group) is 1. The van der Waals surface area contributed by atoms with Crippen LogP contribution in [0.2, 0.25) is 0 Å². The summed E-state index contributed by atoms with van der Waals surface area (Å²) in [6, 6.07) is 13.9. The molecule has 0 bridgehead atoms. The Morgan fingerprint density at radius 1 is 0.972 bits per heavy atom. The number of rotatable bonds is 9. The molecule has 1 N–H and O–H groups in total. The van der Waals surface area contributed by atoms with Crippen LogP contribution in [0.25, 0.3) is 5.76 Å². The Morgan fingerprint density at radius 3 is 2.31 bits per heavy atom. The second-order valence-electron chi connectivity index (χ2n) is 9.37. The molecule has 0 aliphatic carbocycles. The van der Waals surface area contributed by atoms with Crippen molar-refractivity contribution in [3.63, 3.8) is 0 Å². The van der Waals surface area contributed by atoms with E-state index >= 15 is 0 Å². The molecule has 8 nitrogen and oxygen atoms in total. The third kappa shape index (κ3) is 3.95. The van der Waals surface area contributed by atoms with Gasteiger partial charge in [-0.1, -0.05) is 32.0 Å². The Hall–Kier alpha value is -3.65. The lowest BCUT2D eigenvalue weighted by atomic mass is 9.82. The molecule has 1 atom stereocenters. The molecule has 0 saturated carbocycles. The number of carbonyl (C=O) groups excluding carboxylic acids is 3. The van der Waals surface area contributed by atoms with Crippen molar-refractivity contribution in [2.45, 2.75) is 32.2 Å². The summed E-state index contributed by atoms with van der Waals surface area (Å²) < 4.78 is 5.63. The van der Waals surface area contributed by atoms with E-state index < -0.39 is 23.1 Å². The van der Waals surface area contributed by atoms with E-state index in [4.69, 9.17) is 4.74 Å². The number of aliphatic hydroxyl groups excluding tert-OH is 1. The molecule has 190 valence electrons. The smallest absolute Gasteiger partial charge is 0.296 e. The van der Waals surface area contributed by atoms with Crippen LogP contribution >= 0.6 is 0 Å². The summed E-state index contributed by atoms with van der Waals surface area (Å²) in [4.78, 5) is 46.1. The van der Waals surface area contributed by atoms with Crippen LogP contribution in [0, 0.1) is 0 Å². The monoisotopic (exact) mass is 491 g/mol. The molecule has 2 amide bonds. The van der Waals surface area contributed by atoms with Gasteiger partial charge in [0, 0.05) is 30.8 Å². The molecule has 2 aromatic rings. The van der Waals surface area contributed by atoms with Gasteiger partial charge in [0.15, 0.2) is 5.54 Å². The Bertz CT molecular complexity index is 1200. The largest absolute Gasteiger partial charge is 0.507 e. The number of aliphatic hydroxyl groups is 1. The zero-order valence-corrected chi connectivity index (χ0v) is 21.3. The van der Waals surface area contributed by atoms with Gasteiger partial charge in [0.2, 0.25) is 0 Å². The molecule has 1 spiro atoms. The highest BCUT2D eigenvalue weighted by Crippen LogP contribution is 2.53. The fourth-order valence-corrected chi connectivity index (χ4v) is 4.99. The number of hydrogen-bond acceptors (Lipinski definition) is 6. The topological polar surface area (TPSA) is 90.4 Å². The summed E-state index contributed by atoms with van der Waals surface area (Å²) in [5.74, 6) is -1.79. The van der Waals surface area contributed by atoms with Gasteiger partial charge in [0.1, 0.15) is 11.5 Å². The Morgan fingerprint density at radius 2 is 1.67 bits per heavy atom. The summed E-state index contributed by atoms with van der Waals surface area (Å²) >= 11 is 0. The predicted molar refractivity (Wildman–Crippen MR) is 138 cm³/mol. The number of amides is 2. The maximum Gasteiger partial charge on any atom is 0.296 e. The lowest BCUT2D eigenvalue weighted by molar-refractivity contribution is -0.143. The van der Waals surface area contributed by atoms with Crippen molar-refractivity contribution < 1.29 is 24.2 Å². The predicted octanol–water partition coefficient (Wildman–Crippen LogP) is 3.37. The number of fused-ring (bicyclic) bond motifs is 2. The van der Waals surface area contributed by atoms with Crippen LogP contribution in [0.4, 0.5) is 5.69 Å². The normalized spacial score (nSPS) is 20.6. The number of ketones is 1. The lowest BCUT2D eigenvalue weighted by Gasteiger charge is -2.35. The molecule has 2 aliphatic heterocycles. The number of para-hydroxylation sites is 1. The summed E-state index contributed by atoms with van der Waals surface area (Å²) in [5.41, 5.74) is -0.397. The Balaban J connectivity index is 1.95. The first-order valence-electron chi connectivity index (χ1n) is 12.4. The van der Waals surface area contributed by atoms with Gasteiger partial charge in [-0.2, -0.15) is 0 Å². The SMILES string of the molecule is CCCOc1ccc(/C(O)=C2/C(=O)C(=O)N(CCN(C)C)C23C(=O)N(CCC)c2ccccc23)cc1. The average molecular weight is 492 g/mol. The minimum atomic E-state index is -1.72. The Kier molecular flexibility index (Phi) is 7.17. The van der Waals surface area contributed by atoms with E-state index in [-0.39, 0.29) is 17.9 Å². The maximum atomic E-state index is 14.2. The van der Waals surface area contributed by atoms with E-state index in [0.29, 0.717) is 48.7 Å². The number of ether oxygens (including phenoxy) is 1. The molecule has 4 rings (SSSR count). The lowest BCUT2D eigenvalue weighted by Crippen LogP contribution is -2.53. The Labute approximate surface area is 211 Å². The van der Waals surface area contributed by atoms with Crippen LogP contribution in [0.5, 0.6) is 5.75 Å². The molecule has 2 aliphatic rings. The van der Waals surface area contributed by atoms with E-state index in [0.717, 1.165) is 6.42 Å². The van der Waals surface area contributed by atoms with Crippen LogP contribution in [0.1, 0.15) is 37.8 Å². The van der Waals surface area contributed by atoms with Gasteiger partial charge in [0.25, 0.3) is 17.6 Å². The quantitative estimate of drug-likeness (QED) is 0.329. The number of Topliss-reactive ketones (excluding diaryl/α,β-unsaturated/α-hetero) is 1. The van der Waals surface area contributed by atoms with Crippen LogP contribution in [-0.4, -0.2) is 72.8 Å². The third-order valence-corrected chi connectivity index (χ3v) is 6.63. The second kappa shape index (κ2) is 10.1. The first-order valence-corrected chi connectivity index (χ1v) is 12.4. The molecule has 8 heteroatoms. The van der Waals surface area contributed by atoms with Crippen molar-refractivity contribution in [3.8, 4) is 5.75 Å². The van der Waals surface area contributed by atoms with E-state index in [1.807, 2.05) is 45.0 Å². The fourth-order valence-electron chi connectivity index (χ4n) is 4.99. The van der Waals surface area contributed by atoms with E-state index in [2.05, 4.69) is 0 Å². The number of nitrogens with zero attached hydrogens (tertiary/aromatic N) is 3. The number of likely N-dealkylation sites (tertiary alicyclic amines) is 1. The molecule has 0 radical (unpaired) electrons. The maximum absolute atomic E-state index is 14.2. The minimum Gasteiger partial charge on any atom is -0.507 e. The van der Waals surface area contributed by atoms with Crippen LogP contribution < -0.4 is 9.64 Å². The average Bonchev–Trinajstić information content (AvgIpc) is 3.25. The fraction of sp³-hybridized carbons (Fsp3) is 0.393. The molecule has 2 aromatic carbocycles. The van der Waals surface area contributed by atoms with Gasteiger partial charge < -0.3 is 24.5 Å². The summed E-state index contributed by atoms with van der Waals surface area (Å²) in [7, 11) is 3.72. The molecule has 36 heavy (non-hydrogen) atoms. The molecule has 1 fully saturated rings. The zero-order valence-electron chi connectivity index (χ0n) is 21.3. The van der Waals surface area contributed by atoms with Gasteiger partial charge in [-0.3, -0.25) is 14.4 Å². The molecule has 0 aromatic heterocycles. The van der Waals surface area contributed by atoms with Gasteiger partial charge in [-0.05, 0) is 57.3 Å². The van der Waals surface area contributed by atoms with Gasteiger partial charge >= 0.3 is 0 Å². The zero-order chi connectivity index (χ0) is 26.0. The van der Waals surface area contributed by atoms with Gasteiger partial charge in [-0.25, -0.2) is 0 Å². The van der Waals surface area contributed by atoms with E-state index in [1.165, 1.54) is 4.90 Å². The molecular formula is C28H33N3O5. The number of carbonyl (C=O) groups is 3. The van der Waals surface area contributed by atoms with E-state index in [1.54, 1.807) is 41.3 Å². The number of benzene rings is 2. The van der Waals surface area contributed by atoms with Crippen molar-refractivity contribution in [2.75, 3.05) is 45.2 Å². The van der Waals surface area contributed by atoms with Crippen molar-refractivity contribution in [3.05, 3.63) is 65.2 Å². The second-order valence-corrected chi connectivity index (χ2v) is 9.37. The number of anilines is 1. The molecule has 1 saturated heterocycles. The van der Waals surface area contributed by atoms with Crippen molar-refractivity contribution >= 4 is 29.0 Å². The first-order chi connectivity index (χ1) is 17.3. The van der Waals surface area contributed by atoms with Crippen molar-refractivity contribution in [1.82, 2.24) is 9.80 Å². The molecule has 1 unspecified atom stereocenters. The van der Waals surface area contributed by atoms with Gasteiger partial charge in [-0.15, -0.1) is 0 Å². The highest BCUT2D eigenvalue weighted by Gasteiger charge is 2.66. The van der Waals surface area contributed by atoms with E-state index in [9.17, 15) is 19.5 Å². The first kappa shape index (κ1) is 25.4. The minimum absolute atomic E-state index is 0.151. The van der Waals surface area contributed by atoms with Crippen LogP contribution in [0.15, 0.2) is 54.1 Å². The molecular weight excluding hydrogens is 458 g/mol. The summed E-state index contributed by atoms with van der Waals surface area (Å²) in [6.07, 6.45) is 1.55. The molecule has 2 heterocycles.